The Morgan fingerprint density at radius 2 is 2.50 bits per heavy atom. The minimum Gasteiger partial charge on any atom is -0.481 e. The van der Waals surface area contributed by atoms with Crippen molar-refractivity contribution in [1.82, 2.24) is 15.0 Å². The van der Waals surface area contributed by atoms with E-state index in [0.717, 1.165) is 0 Å². The summed E-state index contributed by atoms with van der Waals surface area (Å²) in [6.07, 6.45) is 1.15. The molecule has 1 rings (SSSR count). The molecule has 0 saturated carbocycles. The molecule has 0 bridgehead atoms. The maximum absolute atomic E-state index is 11.8. The zero-order valence-corrected chi connectivity index (χ0v) is 6.27. The van der Waals surface area contributed by atoms with Crippen LogP contribution in [0.5, 0.6) is 0 Å². The number of halogens is 1. The Balaban J connectivity index is 2.69. The van der Waals surface area contributed by atoms with E-state index in [2.05, 4.69) is 10.3 Å². The molecule has 12 heavy (non-hydrogen) atoms. The third-order valence-electron chi connectivity index (χ3n) is 1.33. The third kappa shape index (κ3) is 2.01. The van der Waals surface area contributed by atoms with Crippen molar-refractivity contribution in [3.8, 4) is 0 Å². The second-order valence-electron chi connectivity index (χ2n) is 2.21. The van der Waals surface area contributed by atoms with Crippen LogP contribution >= 0.6 is 0 Å². The Morgan fingerprint density at radius 1 is 1.75 bits per heavy atom. The highest BCUT2D eigenvalue weighted by atomic mass is 19.1. The van der Waals surface area contributed by atoms with Crippen LogP contribution in [0, 0.1) is 0 Å². The highest BCUT2D eigenvalue weighted by Crippen LogP contribution is 1.97. The topological polar surface area (TPSA) is 68.0 Å². The fraction of sp³-hybridized carbons (Fsp3) is 0.500. The molecule has 1 aromatic heterocycles. The van der Waals surface area contributed by atoms with E-state index in [1.165, 1.54) is 10.9 Å². The monoisotopic (exact) mass is 173 g/mol. The standard InChI is InChI=1S/C6H8FN3O2/c7-1-2-10-5(3-6(11)12)4-8-9-10/h4H,1-3H2,(H,11,12). The van der Waals surface area contributed by atoms with Crippen LogP contribution in [-0.2, 0) is 17.8 Å². The molecule has 0 amide bonds. The minimum absolute atomic E-state index is 0.0581. The van der Waals surface area contributed by atoms with Crippen LogP contribution in [0.2, 0.25) is 0 Å². The van der Waals surface area contributed by atoms with E-state index in [1.807, 2.05) is 0 Å². The molecule has 1 heterocycles. The lowest BCUT2D eigenvalue weighted by Crippen LogP contribution is -2.10. The number of aliphatic carboxylic acids is 1. The first kappa shape index (κ1) is 8.63. The molecule has 0 aliphatic heterocycles. The molecular weight excluding hydrogens is 165 g/mol. The lowest BCUT2D eigenvalue weighted by Gasteiger charge is -1.99. The summed E-state index contributed by atoms with van der Waals surface area (Å²) in [6, 6.07) is 0. The maximum Gasteiger partial charge on any atom is 0.309 e. The van der Waals surface area contributed by atoms with Gasteiger partial charge in [0, 0.05) is 0 Å². The summed E-state index contributed by atoms with van der Waals surface area (Å²) in [5.41, 5.74) is 0.417. The number of carboxylic acids is 1. The van der Waals surface area contributed by atoms with E-state index >= 15 is 0 Å². The molecule has 0 saturated heterocycles. The predicted octanol–water partition coefficient (Wildman–Crippen LogP) is -0.125. The van der Waals surface area contributed by atoms with Crippen LogP contribution in [0.4, 0.5) is 4.39 Å². The Morgan fingerprint density at radius 3 is 3.08 bits per heavy atom. The zero-order valence-electron chi connectivity index (χ0n) is 6.27. The summed E-state index contributed by atoms with van der Waals surface area (Å²) in [6.45, 7) is -0.515. The van der Waals surface area contributed by atoms with Crippen molar-refractivity contribution in [1.29, 1.82) is 0 Å². The molecule has 0 fully saturated rings. The lowest BCUT2D eigenvalue weighted by atomic mass is 10.3. The van der Waals surface area contributed by atoms with E-state index in [9.17, 15) is 9.18 Å². The number of aryl methyl sites for hydroxylation is 1. The summed E-state index contributed by atoms with van der Waals surface area (Å²) in [4.78, 5) is 10.3. The molecule has 5 nitrogen and oxygen atoms in total. The number of carboxylic acid groups (broad SMARTS) is 1. The molecule has 0 spiro atoms. The number of aromatic nitrogens is 3. The fourth-order valence-electron chi connectivity index (χ4n) is 0.839. The Labute approximate surface area is 67.8 Å². The second-order valence-corrected chi connectivity index (χ2v) is 2.21. The Bertz CT molecular complexity index is 274. The lowest BCUT2D eigenvalue weighted by molar-refractivity contribution is -0.136. The molecule has 1 N–H and O–H groups in total. The number of hydrogen-bond acceptors (Lipinski definition) is 3. The van der Waals surface area contributed by atoms with E-state index in [1.54, 1.807) is 0 Å². The van der Waals surface area contributed by atoms with Gasteiger partial charge in [-0.15, -0.1) is 5.10 Å². The molecule has 0 aliphatic rings. The summed E-state index contributed by atoms with van der Waals surface area (Å²) < 4.78 is 13.1. The molecule has 0 unspecified atom stereocenters. The van der Waals surface area contributed by atoms with Gasteiger partial charge in [-0.2, -0.15) is 0 Å². The maximum atomic E-state index is 11.8. The van der Waals surface area contributed by atoms with Gasteiger partial charge in [0.2, 0.25) is 0 Å². The largest absolute Gasteiger partial charge is 0.481 e. The Hall–Kier alpha value is -1.46. The normalized spacial score (nSPS) is 10.1. The van der Waals surface area contributed by atoms with Crippen molar-refractivity contribution in [3.05, 3.63) is 11.9 Å². The number of alkyl halides is 1. The van der Waals surface area contributed by atoms with Gasteiger partial charge in [-0.05, 0) is 0 Å². The van der Waals surface area contributed by atoms with Gasteiger partial charge in [-0.25, -0.2) is 9.07 Å². The van der Waals surface area contributed by atoms with Gasteiger partial charge in [0.15, 0.2) is 0 Å². The number of rotatable bonds is 4. The minimum atomic E-state index is -0.975. The summed E-state index contributed by atoms with van der Waals surface area (Å²) in [7, 11) is 0. The first-order valence-corrected chi connectivity index (χ1v) is 3.39. The van der Waals surface area contributed by atoms with Crippen LogP contribution < -0.4 is 0 Å². The summed E-state index contributed by atoms with van der Waals surface area (Å²) >= 11 is 0. The van der Waals surface area contributed by atoms with Crippen molar-refractivity contribution in [2.24, 2.45) is 0 Å². The second kappa shape index (κ2) is 3.80. The fourth-order valence-corrected chi connectivity index (χ4v) is 0.839. The van der Waals surface area contributed by atoms with E-state index in [0.29, 0.717) is 5.69 Å². The predicted molar refractivity (Wildman–Crippen MR) is 37.3 cm³/mol. The van der Waals surface area contributed by atoms with Crippen molar-refractivity contribution < 1.29 is 14.3 Å². The average Bonchev–Trinajstić information content (AvgIpc) is 2.37. The van der Waals surface area contributed by atoms with Crippen LogP contribution in [0.3, 0.4) is 0 Å². The van der Waals surface area contributed by atoms with E-state index in [4.69, 9.17) is 5.11 Å². The van der Waals surface area contributed by atoms with Crippen LogP contribution in [0.25, 0.3) is 0 Å². The summed E-state index contributed by atoms with van der Waals surface area (Å²) in [5.74, 6) is -0.975. The van der Waals surface area contributed by atoms with Gasteiger partial charge in [-0.3, -0.25) is 4.79 Å². The van der Waals surface area contributed by atoms with Crippen molar-refractivity contribution in [3.63, 3.8) is 0 Å². The summed E-state index contributed by atoms with van der Waals surface area (Å²) in [5, 5.41) is 15.4. The van der Waals surface area contributed by atoms with E-state index in [-0.39, 0.29) is 13.0 Å². The molecular formula is C6H8FN3O2. The Kier molecular flexibility index (Phi) is 2.73. The number of nitrogens with zero attached hydrogens (tertiary/aromatic N) is 3. The van der Waals surface area contributed by atoms with Crippen LogP contribution in [0.15, 0.2) is 6.20 Å². The zero-order chi connectivity index (χ0) is 8.97. The quantitative estimate of drug-likeness (QED) is 0.688. The molecule has 0 radical (unpaired) electrons. The molecule has 66 valence electrons. The highest BCUT2D eigenvalue weighted by molar-refractivity contribution is 5.69. The van der Waals surface area contributed by atoms with Gasteiger partial charge in [0.1, 0.15) is 6.67 Å². The smallest absolute Gasteiger partial charge is 0.309 e. The van der Waals surface area contributed by atoms with Crippen molar-refractivity contribution in [2.75, 3.05) is 6.67 Å². The highest BCUT2D eigenvalue weighted by Gasteiger charge is 2.07. The van der Waals surface area contributed by atoms with Gasteiger partial charge >= 0.3 is 5.97 Å². The van der Waals surface area contributed by atoms with Crippen LogP contribution in [0.1, 0.15) is 5.69 Å². The molecule has 0 atom stereocenters. The van der Waals surface area contributed by atoms with Crippen molar-refractivity contribution >= 4 is 5.97 Å². The number of carbonyl (C=O) groups is 1. The van der Waals surface area contributed by atoms with Crippen molar-refractivity contribution in [2.45, 2.75) is 13.0 Å². The molecule has 0 aliphatic carbocycles. The van der Waals surface area contributed by atoms with Gasteiger partial charge < -0.3 is 5.11 Å². The first-order chi connectivity index (χ1) is 5.74. The van der Waals surface area contributed by atoms with Gasteiger partial charge in [0.05, 0.1) is 24.9 Å². The van der Waals surface area contributed by atoms with Crippen LogP contribution in [-0.4, -0.2) is 32.7 Å². The third-order valence-corrected chi connectivity index (χ3v) is 1.33. The van der Waals surface area contributed by atoms with Gasteiger partial charge in [0.25, 0.3) is 0 Å². The first-order valence-electron chi connectivity index (χ1n) is 3.39. The molecule has 0 aromatic carbocycles. The molecule has 6 heteroatoms. The van der Waals surface area contributed by atoms with E-state index < -0.39 is 12.6 Å². The molecule has 1 aromatic rings. The number of hydrogen-bond donors (Lipinski definition) is 1. The van der Waals surface area contributed by atoms with Gasteiger partial charge in [-0.1, -0.05) is 5.21 Å². The average molecular weight is 173 g/mol. The SMILES string of the molecule is O=C(O)Cc1cnnn1CCF.